The van der Waals surface area contributed by atoms with Crippen molar-refractivity contribution in [3.05, 3.63) is 5.82 Å². The van der Waals surface area contributed by atoms with Crippen molar-refractivity contribution >= 4 is 17.7 Å². The number of nitrogen functional groups attached to an aromatic ring is 1. The summed E-state index contributed by atoms with van der Waals surface area (Å²) in [5.74, 6) is 7.10. The number of rotatable bonds is 4. The molecule has 0 aliphatic carbocycles. The second-order valence-corrected chi connectivity index (χ2v) is 5.69. The van der Waals surface area contributed by atoms with Gasteiger partial charge in [0.15, 0.2) is 5.82 Å². The van der Waals surface area contributed by atoms with Crippen LogP contribution in [0.4, 0.5) is 0 Å². The van der Waals surface area contributed by atoms with Gasteiger partial charge in [0.1, 0.15) is 0 Å². The Labute approximate surface area is 117 Å². The van der Waals surface area contributed by atoms with Crippen LogP contribution in [0.25, 0.3) is 0 Å². The van der Waals surface area contributed by atoms with E-state index in [-0.39, 0.29) is 5.91 Å². The van der Waals surface area contributed by atoms with E-state index in [1.807, 2.05) is 11.8 Å². The van der Waals surface area contributed by atoms with Gasteiger partial charge >= 0.3 is 0 Å². The van der Waals surface area contributed by atoms with Gasteiger partial charge in [0, 0.05) is 6.42 Å². The Morgan fingerprint density at radius 1 is 1.42 bits per heavy atom. The van der Waals surface area contributed by atoms with E-state index in [4.69, 9.17) is 5.84 Å². The molecule has 1 aromatic rings. The normalized spacial score (nSPS) is 16.8. The van der Waals surface area contributed by atoms with E-state index in [1.165, 1.54) is 21.3 Å². The molecule has 7 nitrogen and oxygen atoms in total. The molecule has 1 fully saturated rings. The fraction of sp³-hybridized carbons (Fsp3) is 0.727. The Kier molecular flexibility index (Phi) is 4.65. The summed E-state index contributed by atoms with van der Waals surface area (Å²) in [6.07, 6.45) is 0.735. The van der Waals surface area contributed by atoms with Crippen molar-refractivity contribution in [2.75, 3.05) is 44.8 Å². The minimum absolute atomic E-state index is 0.151. The van der Waals surface area contributed by atoms with Gasteiger partial charge in [-0.15, -0.1) is 10.2 Å². The van der Waals surface area contributed by atoms with E-state index in [2.05, 4.69) is 17.2 Å². The lowest BCUT2D eigenvalue weighted by Gasteiger charge is -2.29. The maximum Gasteiger partial charge on any atom is 0.233 e. The first-order valence-corrected chi connectivity index (χ1v) is 7.51. The zero-order valence-electron chi connectivity index (χ0n) is 11.4. The molecular weight excluding hydrogens is 264 g/mol. The monoisotopic (exact) mass is 285 g/mol. The lowest BCUT2D eigenvalue weighted by Crippen LogP contribution is -3.12. The standard InChI is InChI=1S/C11H20N6OS/c1-3-9-13-14-11(17(9)12)19-8-10(18)16-6-4-15(2)5-7-16/h3-8,12H2,1-2H3/p+1. The average Bonchev–Trinajstić information content (AvgIpc) is 2.77. The Balaban J connectivity index is 1.84. The number of nitrogens with zero attached hydrogens (tertiary/aromatic N) is 4. The van der Waals surface area contributed by atoms with Gasteiger partial charge in [-0.1, -0.05) is 18.7 Å². The number of quaternary nitrogens is 1. The first kappa shape index (κ1) is 14.1. The first-order chi connectivity index (χ1) is 9.11. The van der Waals surface area contributed by atoms with Gasteiger partial charge in [0.2, 0.25) is 11.1 Å². The second kappa shape index (κ2) is 6.25. The van der Waals surface area contributed by atoms with Crippen molar-refractivity contribution in [1.82, 2.24) is 19.8 Å². The minimum atomic E-state index is 0.151. The second-order valence-electron chi connectivity index (χ2n) is 4.75. The van der Waals surface area contributed by atoms with Gasteiger partial charge in [-0.3, -0.25) is 4.79 Å². The maximum atomic E-state index is 12.1. The lowest BCUT2D eigenvalue weighted by molar-refractivity contribution is -0.883. The summed E-state index contributed by atoms with van der Waals surface area (Å²) >= 11 is 1.35. The highest BCUT2D eigenvalue weighted by Crippen LogP contribution is 2.15. The molecule has 1 saturated heterocycles. The summed E-state index contributed by atoms with van der Waals surface area (Å²) in [7, 11) is 2.15. The molecule has 1 aliphatic heterocycles. The molecule has 0 unspecified atom stereocenters. The van der Waals surface area contributed by atoms with Crippen LogP contribution in [0.1, 0.15) is 12.7 Å². The largest absolute Gasteiger partial charge is 0.336 e. The van der Waals surface area contributed by atoms with E-state index in [9.17, 15) is 4.79 Å². The predicted octanol–water partition coefficient (Wildman–Crippen LogP) is -2.00. The lowest BCUT2D eigenvalue weighted by atomic mass is 10.3. The Morgan fingerprint density at radius 3 is 2.68 bits per heavy atom. The number of hydrogen-bond donors (Lipinski definition) is 2. The van der Waals surface area contributed by atoms with Crippen molar-refractivity contribution in [3.63, 3.8) is 0 Å². The van der Waals surface area contributed by atoms with Crippen LogP contribution < -0.4 is 10.7 Å². The Bertz CT molecular complexity index is 440. The fourth-order valence-electron chi connectivity index (χ4n) is 2.00. The van der Waals surface area contributed by atoms with Crippen molar-refractivity contribution < 1.29 is 9.69 Å². The highest BCUT2D eigenvalue weighted by Gasteiger charge is 2.22. The van der Waals surface area contributed by atoms with Crippen LogP contribution in [-0.4, -0.2) is 64.7 Å². The average molecular weight is 285 g/mol. The minimum Gasteiger partial charge on any atom is -0.336 e. The van der Waals surface area contributed by atoms with Crippen LogP contribution in [0.2, 0.25) is 0 Å². The zero-order chi connectivity index (χ0) is 13.8. The van der Waals surface area contributed by atoms with Gasteiger partial charge in [-0.2, -0.15) is 0 Å². The van der Waals surface area contributed by atoms with Gasteiger partial charge in [0.25, 0.3) is 0 Å². The van der Waals surface area contributed by atoms with Gasteiger partial charge in [0.05, 0.1) is 39.0 Å². The molecule has 1 aromatic heterocycles. The number of hydrogen-bond acceptors (Lipinski definition) is 5. The van der Waals surface area contributed by atoms with Crippen molar-refractivity contribution in [2.45, 2.75) is 18.5 Å². The molecule has 19 heavy (non-hydrogen) atoms. The van der Waals surface area contributed by atoms with Crippen molar-refractivity contribution in [1.29, 1.82) is 0 Å². The van der Waals surface area contributed by atoms with Crippen LogP contribution >= 0.6 is 11.8 Å². The fourth-order valence-corrected chi connectivity index (χ4v) is 2.78. The number of piperazine rings is 1. The van der Waals surface area contributed by atoms with Crippen molar-refractivity contribution in [2.24, 2.45) is 0 Å². The number of amides is 1. The predicted molar refractivity (Wildman–Crippen MR) is 73.5 cm³/mol. The molecule has 2 heterocycles. The summed E-state index contributed by atoms with van der Waals surface area (Å²) in [5, 5.41) is 8.57. The third-order valence-electron chi connectivity index (χ3n) is 3.35. The summed E-state index contributed by atoms with van der Waals surface area (Å²) < 4.78 is 1.46. The topological polar surface area (TPSA) is 81.5 Å². The SMILES string of the molecule is CCc1nnc(SCC(=O)N2CC[NH+](C)CC2)n1N. The van der Waals surface area contributed by atoms with E-state index >= 15 is 0 Å². The summed E-state index contributed by atoms with van der Waals surface area (Å²) in [5.41, 5.74) is 0. The third-order valence-corrected chi connectivity index (χ3v) is 4.27. The van der Waals surface area contributed by atoms with Gasteiger partial charge in [-0.25, -0.2) is 4.68 Å². The van der Waals surface area contributed by atoms with Crippen LogP contribution in [0.5, 0.6) is 0 Å². The molecule has 0 aromatic carbocycles. The van der Waals surface area contributed by atoms with E-state index in [0.29, 0.717) is 10.9 Å². The molecule has 1 aliphatic rings. The number of likely N-dealkylation sites (N-methyl/N-ethyl adjacent to an activating group) is 1. The van der Waals surface area contributed by atoms with Crippen LogP contribution in [-0.2, 0) is 11.2 Å². The molecule has 0 spiro atoms. The summed E-state index contributed by atoms with van der Waals surface area (Å²) in [4.78, 5) is 15.5. The number of thioether (sulfide) groups is 1. The first-order valence-electron chi connectivity index (χ1n) is 6.53. The molecule has 8 heteroatoms. The Morgan fingerprint density at radius 2 is 2.11 bits per heavy atom. The quantitative estimate of drug-likeness (QED) is 0.494. The number of nitrogens with two attached hydrogens (primary N) is 1. The van der Waals surface area contributed by atoms with Crippen LogP contribution in [0.15, 0.2) is 5.16 Å². The maximum absolute atomic E-state index is 12.1. The van der Waals surface area contributed by atoms with E-state index in [0.717, 1.165) is 38.4 Å². The van der Waals surface area contributed by atoms with E-state index in [1.54, 1.807) is 0 Å². The summed E-state index contributed by atoms with van der Waals surface area (Å²) in [6, 6.07) is 0. The van der Waals surface area contributed by atoms with Crippen LogP contribution in [0.3, 0.4) is 0 Å². The van der Waals surface area contributed by atoms with Crippen LogP contribution in [0, 0.1) is 0 Å². The Hall–Kier alpha value is -1.28. The molecule has 106 valence electrons. The number of carbonyl (C=O) groups is 1. The molecule has 2 rings (SSSR count). The third kappa shape index (κ3) is 3.38. The highest BCUT2D eigenvalue weighted by atomic mass is 32.2. The number of aromatic nitrogens is 3. The van der Waals surface area contributed by atoms with E-state index < -0.39 is 0 Å². The highest BCUT2D eigenvalue weighted by molar-refractivity contribution is 7.99. The number of aryl methyl sites for hydroxylation is 1. The smallest absolute Gasteiger partial charge is 0.233 e. The molecule has 3 N–H and O–H groups in total. The molecule has 0 saturated carbocycles. The molecule has 1 amide bonds. The van der Waals surface area contributed by atoms with Gasteiger partial charge < -0.3 is 15.6 Å². The zero-order valence-corrected chi connectivity index (χ0v) is 12.2. The number of carbonyl (C=O) groups excluding carboxylic acids is 1. The molecular formula is C11H21N6OS+. The van der Waals surface area contributed by atoms with Crippen molar-refractivity contribution in [3.8, 4) is 0 Å². The summed E-state index contributed by atoms with van der Waals surface area (Å²) in [6.45, 7) is 5.67. The van der Waals surface area contributed by atoms with Gasteiger partial charge in [-0.05, 0) is 0 Å². The molecule has 0 atom stereocenters. The molecule has 0 bridgehead atoms. The molecule has 0 radical (unpaired) electrons. The number of nitrogens with one attached hydrogen (secondary N) is 1.